The topological polar surface area (TPSA) is 44.1 Å². The molecule has 0 N–H and O–H groups in total. The minimum absolute atomic E-state index is 0.107. The van der Waals surface area contributed by atoms with Gasteiger partial charge in [0.05, 0.1) is 10.8 Å². The fraction of sp³-hybridized carbons (Fsp3) is 0.818. The lowest BCUT2D eigenvalue weighted by molar-refractivity contribution is -0.134. The summed E-state index contributed by atoms with van der Waals surface area (Å²) in [4.78, 5) is 13.9. The van der Waals surface area contributed by atoms with Crippen LogP contribution in [0.4, 0.5) is 0 Å². The van der Waals surface area contributed by atoms with Crippen molar-refractivity contribution in [1.29, 1.82) is 5.26 Å². The van der Waals surface area contributed by atoms with Crippen LogP contribution in [0.3, 0.4) is 0 Å². The summed E-state index contributed by atoms with van der Waals surface area (Å²) in [5.41, 5.74) is 0. The van der Waals surface area contributed by atoms with Crippen molar-refractivity contribution in [3.05, 3.63) is 0 Å². The van der Waals surface area contributed by atoms with Crippen molar-refractivity contribution >= 4 is 17.7 Å². The molecule has 0 aromatic carbocycles. The molecule has 1 rings (SSSR count). The summed E-state index contributed by atoms with van der Waals surface area (Å²) in [6.07, 6.45) is 2.04. The predicted molar refractivity (Wildman–Crippen MR) is 62.6 cm³/mol. The molecule has 3 nitrogen and oxygen atoms in total. The van der Waals surface area contributed by atoms with Crippen molar-refractivity contribution < 1.29 is 4.79 Å². The first-order chi connectivity index (χ1) is 7.01. The van der Waals surface area contributed by atoms with E-state index in [0.717, 1.165) is 18.6 Å². The van der Waals surface area contributed by atoms with E-state index in [1.165, 1.54) is 0 Å². The molecule has 0 spiro atoms. The molecular formula is C11H18N2OS. The number of amides is 1. The molecule has 84 valence electrons. The maximum absolute atomic E-state index is 12.3. The van der Waals surface area contributed by atoms with Gasteiger partial charge in [-0.3, -0.25) is 4.79 Å². The van der Waals surface area contributed by atoms with Gasteiger partial charge in [-0.25, -0.2) is 0 Å². The predicted octanol–water partition coefficient (Wildman–Crippen LogP) is 2.03. The summed E-state index contributed by atoms with van der Waals surface area (Å²) < 4.78 is -0.291. The van der Waals surface area contributed by atoms with Crippen LogP contribution in [0.1, 0.15) is 33.6 Å². The van der Waals surface area contributed by atoms with Gasteiger partial charge in [0.25, 0.3) is 0 Å². The summed E-state index contributed by atoms with van der Waals surface area (Å²) >= 11 is 1.72. The molecule has 0 aliphatic carbocycles. The molecular weight excluding hydrogens is 208 g/mol. The monoisotopic (exact) mass is 226 g/mol. The van der Waals surface area contributed by atoms with Crippen LogP contribution in [0.25, 0.3) is 0 Å². The Morgan fingerprint density at radius 2 is 2.33 bits per heavy atom. The summed E-state index contributed by atoms with van der Waals surface area (Å²) in [5.74, 6) is 1.18. The lowest BCUT2D eigenvalue weighted by Crippen LogP contribution is -2.47. The van der Waals surface area contributed by atoms with Crippen LogP contribution < -0.4 is 0 Å². The first-order valence-electron chi connectivity index (χ1n) is 5.33. The van der Waals surface area contributed by atoms with Crippen LogP contribution in [0.5, 0.6) is 0 Å². The van der Waals surface area contributed by atoms with Gasteiger partial charge in [-0.15, -0.1) is 11.8 Å². The van der Waals surface area contributed by atoms with Gasteiger partial charge in [-0.05, 0) is 39.4 Å². The standard InChI is InChI=1S/C11H18N2OS/c1-9(2)13(7-6-12)10(14)11(3)5-4-8-15-11/h9H,4-5,7-8H2,1-3H3. The molecule has 1 saturated heterocycles. The average molecular weight is 226 g/mol. The SMILES string of the molecule is CC(C)N(CC#N)C(=O)C1(C)CCCS1. The van der Waals surface area contributed by atoms with E-state index in [-0.39, 0.29) is 23.2 Å². The summed E-state index contributed by atoms with van der Waals surface area (Å²) in [6.45, 7) is 6.11. The van der Waals surface area contributed by atoms with Crippen molar-refractivity contribution in [2.45, 2.75) is 44.4 Å². The molecule has 1 unspecified atom stereocenters. The van der Waals surface area contributed by atoms with Gasteiger partial charge in [0.1, 0.15) is 6.54 Å². The first kappa shape index (κ1) is 12.4. The molecule has 0 radical (unpaired) electrons. The van der Waals surface area contributed by atoms with E-state index in [2.05, 4.69) is 6.07 Å². The second-order valence-corrected chi connectivity index (χ2v) is 5.97. The average Bonchev–Trinajstić information content (AvgIpc) is 2.61. The van der Waals surface area contributed by atoms with Crippen LogP contribution in [0, 0.1) is 11.3 Å². The molecule has 0 saturated carbocycles. The Balaban J connectivity index is 2.76. The minimum atomic E-state index is -0.291. The fourth-order valence-electron chi connectivity index (χ4n) is 1.82. The third-order valence-corrected chi connectivity index (χ3v) is 4.31. The highest BCUT2D eigenvalue weighted by molar-refractivity contribution is 8.01. The van der Waals surface area contributed by atoms with E-state index in [0.29, 0.717) is 0 Å². The molecule has 15 heavy (non-hydrogen) atoms. The zero-order chi connectivity index (χ0) is 11.5. The van der Waals surface area contributed by atoms with Gasteiger partial charge in [-0.2, -0.15) is 5.26 Å². The molecule has 4 heteroatoms. The number of hydrogen-bond acceptors (Lipinski definition) is 3. The van der Waals surface area contributed by atoms with E-state index in [1.807, 2.05) is 20.8 Å². The van der Waals surface area contributed by atoms with Crippen LogP contribution in [0.15, 0.2) is 0 Å². The highest BCUT2D eigenvalue weighted by Crippen LogP contribution is 2.39. The Hall–Kier alpha value is -0.690. The summed E-state index contributed by atoms with van der Waals surface area (Å²) in [5, 5.41) is 8.71. The van der Waals surface area contributed by atoms with Crippen molar-refractivity contribution in [2.75, 3.05) is 12.3 Å². The smallest absolute Gasteiger partial charge is 0.239 e. The Kier molecular flexibility index (Phi) is 4.04. The van der Waals surface area contributed by atoms with E-state index >= 15 is 0 Å². The second-order valence-electron chi connectivity index (χ2n) is 4.37. The van der Waals surface area contributed by atoms with Gasteiger partial charge in [0, 0.05) is 6.04 Å². The lowest BCUT2D eigenvalue weighted by Gasteiger charge is -2.32. The van der Waals surface area contributed by atoms with Gasteiger partial charge in [-0.1, -0.05) is 0 Å². The first-order valence-corrected chi connectivity index (χ1v) is 6.32. The number of carbonyl (C=O) groups excluding carboxylic acids is 1. The van der Waals surface area contributed by atoms with Gasteiger partial charge in [0.2, 0.25) is 5.91 Å². The minimum Gasteiger partial charge on any atom is -0.326 e. The number of thioether (sulfide) groups is 1. The number of rotatable bonds is 3. The van der Waals surface area contributed by atoms with Crippen LogP contribution in [-0.2, 0) is 4.79 Å². The number of nitriles is 1. The quantitative estimate of drug-likeness (QED) is 0.692. The van der Waals surface area contributed by atoms with Gasteiger partial charge >= 0.3 is 0 Å². The maximum atomic E-state index is 12.3. The second kappa shape index (κ2) is 4.89. The Morgan fingerprint density at radius 1 is 1.67 bits per heavy atom. The third-order valence-electron chi connectivity index (χ3n) is 2.80. The van der Waals surface area contributed by atoms with E-state index in [1.54, 1.807) is 16.7 Å². The summed E-state index contributed by atoms with van der Waals surface area (Å²) in [6, 6.07) is 2.17. The summed E-state index contributed by atoms with van der Waals surface area (Å²) in [7, 11) is 0. The molecule has 0 aromatic heterocycles. The van der Waals surface area contributed by atoms with Gasteiger partial charge in [0.15, 0.2) is 0 Å². The Bertz CT molecular complexity index is 277. The number of nitrogens with zero attached hydrogens (tertiary/aromatic N) is 2. The zero-order valence-corrected chi connectivity index (χ0v) is 10.4. The number of carbonyl (C=O) groups is 1. The molecule has 1 atom stereocenters. The van der Waals surface area contributed by atoms with Crippen molar-refractivity contribution in [3.8, 4) is 6.07 Å². The van der Waals surface area contributed by atoms with Crippen molar-refractivity contribution in [1.82, 2.24) is 4.90 Å². The van der Waals surface area contributed by atoms with Crippen LogP contribution in [0.2, 0.25) is 0 Å². The van der Waals surface area contributed by atoms with Crippen molar-refractivity contribution in [3.63, 3.8) is 0 Å². The lowest BCUT2D eigenvalue weighted by atomic mass is 10.0. The molecule has 1 amide bonds. The molecule has 1 fully saturated rings. The van der Waals surface area contributed by atoms with E-state index in [9.17, 15) is 4.79 Å². The largest absolute Gasteiger partial charge is 0.326 e. The third kappa shape index (κ3) is 2.66. The maximum Gasteiger partial charge on any atom is 0.239 e. The number of hydrogen-bond donors (Lipinski definition) is 0. The Morgan fingerprint density at radius 3 is 2.73 bits per heavy atom. The van der Waals surface area contributed by atoms with Gasteiger partial charge < -0.3 is 4.90 Å². The molecule has 0 aromatic rings. The van der Waals surface area contributed by atoms with E-state index in [4.69, 9.17) is 5.26 Å². The van der Waals surface area contributed by atoms with Crippen LogP contribution in [-0.4, -0.2) is 33.9 Å². The highest BCUT2D eigenvalue weighted by Gasteiger charge is 2.40. The fourth-order valence-corrected chi connectivity index (χ4v) is 3.09. The Labute approximate surface area is 95.8 Å². The van der Waals surface area contributed by atoms with Crippen LogP contribution >= 0.6 is 11.8 Å². The molecule has 1 aliphatic rings. The van der Waals surface area contributed by atoms with E-state index < -0.39 is 0 Å². The highest BCUT2D eigenvalue weighted by atomic mass is 32.2. The molecule has 1 heterocycles. The molecule has 1 aliphatic heterocycles. The zero-order valence-electron chi connectivity index (χ0n) is 9.62. The normalized spacial score (nSPS) is 25.3. The molecule has 0 bridgehead atoms. The van der Waals surface area contributed by atoms with Crippen molar-refractivity contribution in [2.24, 2.45) is 0 Å².